The summed E-state index contributed by atoms with van der Waals surface area (Å²) < 4.78 is 5.62. The van der Waals surface area contributed by atoms with Crippen LogP contribution in [-0.2, 0) is 4.74 Å². The van der Waals surface area contributed by atoms with Crippen molar-refractivity contribution in [2.45, 2.75) is 32.7 Å². The Labute approximate surface area is 205 Å². The van der Waals surface area contributed by atoms with Crippen LogP contribution in [0.15, 0.2) is 48.3 Å². The van der Waals surface area contributed by atoms with Gasteiger partial charge in [-0.15, -0.1) is 0 Å². The largest absolute Gasteiger partial charge is 0.477 e. The van der Waals surface area contributed by atoms with Crippen molar-refractivity contribution in [3.05, 3.63) is 63.9 Å². The highest BCUT2D eigenvalue weighted by atomic mass is 35.5. The fourth-order valence-corrected chi connectivity index (χ4v) is 4.25. The summed E-state index contributed by atoms with van der Waals surface area (Å²) in [6.45, 7) is 7.04. The van der Waals surface area contributed by atoms with Crippen molar-refractivity contribution in [2.75, 3.05) is 31.1 Å². The lowest BCUT2D eigenvalue weighted by Crippen LogP contribution is -2.75. The van der Waals surface area contributed by atoms with E-state index in [1.807, 2.05) is 42.3 Å². The Morgan fingerprint density at radius 1 is 1.27 bits per heavy atom. The molecule has 2 aromatic rings. The third kappa shape index (κ3) is 7.27. The predicted molar refractivity (Wildman–Crippen MR) is 135 cm³/mol. The molecule has 1 aliphatic rings. The monoisotopic (exact) mass is 489 g/mol. The van der Waals surface area contributed by atoms with Crippen molar-refractivity contribution in [2.24, 2.45) is 0 Å². The number of ether oxygens (including phenoxy) is 1. The molecule has 1 saturated heterocycles. The molecule has 1 aromatic carbocycles. The summed E-state index contributed by atoms with van der Waals surface area (Å²) in [4.78, 5) is 8.79. The van der Waals surface area contributed by atoms with E-state index in [4.69, 9.17) is 38.8 Å². The van der Waals surface area contributed by atoms with Gasteiger partial charge >= 0.3 is 0 Å². The lowest BCUT2D eigenvalue weighted by molar-refractivity contribution is -0.517. The summed E-state index contributed by atoms with van der Waals surface area (Å²) in [5, 5.41) is 18.9. The Morgan fingerprint density at radius 3 is 2.70 bits per heavy atom. The molecule has 0 atom stereocenters. The van der Waals surface area contributed by atoms with Gasteiger partial charge in [0.25, 0.3) is 0 Å². The molecule has 1 aromatic heterocycles. The minimum atomic E-state index is 0.138. The summed E-state index contributed by atoms with van der Waals surface area (Å²) in [5.74, 6) is 1.00. The molecule has 0 saturated carbocycles. The van der Waals surface area contributed by atoms with Crippen LogP contribution < -0.4 is 10.2 Å². The van der Waals surface area contributed by atoms with Crippen molar-refractivity contribution >= 4 is 46.9 Å². The smallest absolute Gasteiger partial charge is 0.211 e. The number of likely N-dealkylation sites (tertiary alicyclic amines) is 1. The first-order chi connectivity index (χ1) is 15.9. The Balaban J connectivity index is 1.41. The number of pyridine rings is 1. The van der Waals surface area contributed by atoms with Gasteiger partial charge in [0.15, 0.2) is 0 Å². The Kier molecular flexibility index (Phi) is 9.26. The van der Waals surface area contributed by atoms with Crippen LogP contribution in [0, 0.1) is 17.7 Å². The first-order valence-electron chi connectivity index (χ1n) is 11.0. The van der Waals surface area contributed by atoms with Crippen LogP contribution in [0.25, 0.3) is 0 Å². The number of halogens is 2. The van der Waals surface area contributed by atoms with Gasteiger partial charge in [0.05, 0.1) is 22.5 Å². The van der Waals surface area contributed by atoms with Gasteiger partial charge in [0.2, 0.25) is 5.90 Å². The van der Waals surface area contributed by atoms with Gasteiger partial charge < -0.3 is 9.64 Å². The molecule has 0 unspecified atom stereocenters. The highest BCUT2D eigenvalue weighted by Gasteiger charge is 2.25. The molecule has 7 nitrogen and oxygen atoms in total. The maximum absolute atomic E-state index is 8.08. The van der Waals surface area contributed by atoms with Gasteiger partial charge in [0, 0.05) is 50.9 Å². The number of benzene rings is 1. The molecule has 0 spiro atoms. The summed E-state index contributed by atoms with van der Waals surface area (Å²) in [5.41, 5.74) is 2.90. The van der Waals surface area contributed by atoms with Crippen LogP contribution >= 0.6 is 23.2 Å². The van der Waals surface area contributed by atoms with Gasteiger partial charge in [-0.1, -0.05) is 29.3 Å². The number of hydrogen-bond acceptors (Lipinski definition) is 5. The molecule has 4 N–H and O–H groups in total. The van der Waals surface area contributed by atoms with Crippen molar-refractivity contribution < 1.29 is 10.1 Å². The van der Waals surface area contributed by atoms with E-state index in [0.717, 1.165) is 55.2 Å². The van der Waals surface area contributed by atoms with Gasteiger partial charge in [-0.3, -0.25) is 21.0 Å². The number of nitrogens with zero attached hydrogens (tertiary/aromatic N) is 3. The Morgan fingerprint density at radius 2 is 2.03 bits per heavy atom. The van der Waals surface area contributed by atoms with E-state index in [2.05, 4.69) is 9.88 Å². The second-order valence-corrected chi connectivity index (χ2v) is 8.99. The molecule has 0 amide bonds. The molecule has 3 rings (SSSR count). The molecule has 33 heavy (non-hydrogen) atoms. The number of aryl methyl sites for hydroxylation is 1. The van der Waals surface area contributed by atoms with E-state index in [-0.39, 0.29) is 11.9 Å². The zero-order valence-corrected chi connectivity index (χ0v) is 20.5. The number of hydrogen-bond donors (Lipinski definition) is 3. The van der Waals surface area contributed by atoms with E-state index in [1.54, 1.807) is 24.4 Å². The van der Waals surface area contributed by atoms with E-state index in [1.165, 1.54) is 6.34 Å². The lowest BCUT2D eigenvalue weighted by Gasteiger charge is -2.37. The van der Waals surface area contributed by atoms with Gasteiger partial charge in [-0.05, 0) is 37.5 Å². The maximum Gasteiger partial charge on any atom is 0.211 e. The SMILES string of the molecule is C/C(=C/C(=N)OCCN1CCC(N(C=N)c2ncccc2C)CC1)[NH2+]c1ccc(Cl)c(Cl)c1. The first kappa shape index (κ1) is 25.2. The molecule has 0 bridgehead atoms. The van der Waals surface area contributed by atoms with E-state index >= 15 is 0 Å². The maximum atomic E-state index is 8.08. The van der Waals surface area contributed by atoms with Crippen molar-refractivity contribution in [3.8, 4) is 0 Å². The summed E-state index contributed by atoms with van der Waals surface area (Å²) in [6.07, 6.45) is 6.79. The molecular formula is C24H31Cl2N6O+. The van der Waals surface area contributed by atoms with Crippen LogP contribution in [-0.4, -0.2) is 54.4 Å². The number of piperidine rings is 1. The van der Waals surface area contributed by atoms with E-state index < -0.39 is 0 Å². The van der Waals surface area contributed by atoms with E-state index in [9.17, 15) is 0 Å². The molecule has 1 aliphatic heterocycles. The standard InChI is InChI=1S/C24H30Cl2N6O/c1-17-4-3-9-29-24(17)32(16-27)20-7-10-31(11-8-20)12-13-33-23(28)14-18(2)30-19-5-6-21(25)22(26)15-19/h3-6,9,14-16,20,27-28,30H,7-8,10-13H2,1-2H3/p+1/b18-14-,27-16?,28-23?. The fraction of sp³-hybridized carbons (Fsp3) is 0.375. The minimum Gasteiger partial charge on any atom is -0.477 e. The number of nitrogens with two attached hydrogens (primary N) is 1. The third-order valence-corrected chi connectivity index (χ3v) is 6.42. The number of rotatable bonds is 9. The topological polar surface area (TPSA) is 92.9 Å². The molecule has 0 aliphatic carbocycles. The lowest BCUT2D eigenvalue weighted by atomic mass is 10.0. The summed E-state index contributed by atoms with van der Waals surface area (Å²) in [6, 6.07) is 9.65. The molecule has 176 valence electrons. The number of allylic oxidation sites excluding steroid dienone is 1. The highest BCUT2D eigenvalue weighted by molar-refractivity contribution is 6.42. The van der Waals surface area contributed by atoms with Crippen LogP contribution in [0.4, 0.5) is 11.5 Å². The molecule has 9 heteroatoms. The first-order valence-corrected chi connectivity index (χ1v) is 11.8. The predicted octanol–water partition coefficient (Wildman–Crippen LogP) is 4.37. The van der Waals surface area contributed by atoms with Gasteiger partial charge in [-0.2, -0.15) is 0 Å². The highest BCUT2D eigenvalue weighted by Crippen LogP contribution is 2.24. The quantitative estimate of drug-likeness (QED) is 0.277. The number of quaternary nitrogens is 1. The summed E-state index contributed by atoms with van der Waals surface area (Å²) in [7, 11) is 0. The van der Waals surface area contributed by atoms with E-state index in [0.29, 0.717) is 16.7 Å². The summed E-state index contributed by atoms with van der Waals surface area (Å²) >= 11 is 12.0. The average molecular weight is 490 g/mol. The molecule has 2 heterocycles. The normalized spacial score (nSPS) is 15.3. The van der Waals surface area contributed by atoms with Crippen LogP contribution in [0.1, 0.15) is 25.3 Å². The third-order valence-electron chi connectivity index (χ3n) is 5.68. The average Bonchev–Trinajstić information content (AvgIpc) is 2.79. The van der Waals surface area contributed by atoms with Crippen LogP contribution in [0.5, 0.6) is 0 Å². The van der Waals surface area contributed by atoms with Gasteiger partial charge in [0.1, 0.15) is 23.8 Å². The molecular weight excluding hydrogens is 459 g/mol. The second kappa shape index (κ2) is 12.1. The number of nitrogens with one attached hydrogen (secondary N) is 2. The zero-order valence-electron chi connectivity index (χ0n) is 19.0. The van der Waals surface area contributed by atoms with Crippen LogP contribution in [0.3, 0.4) is 0 Å². The van der Waals surface area contributed by atoms with Crippen molar-refractivity contribution in [3.63, 3.8) is 0 Å². The van der Waals surface area contributed by atoms with Crippen molar-refractivity contribution in [1.29, 1.82) is 10.8 Å². The number of aromatic nitrogens is 1. The minimum absolute atomic E-state index is 0.138. The van der Waals surface area contributed by atoms with Crippen molar-refractivity contribution in [1.82, 2.24) is 9.88 Å². The van der Waals surface area contributed by atoms with Crippen LogP contribution in [0.2, 0.25) is 10.0 Å². The Bertz CT molecular complexity index is 1000. The Hall–Kier alpha value is -2.45. The second-order valence-electron chi connectivity index (χ2n) is 8.17. The molecule has 0 radical (unpaired) electrons. The van der Waals surface area contributed by atoms with Gasteiger partial charge in [-0.25, -0.2) is 4.98 Å². The number of anilines is 1. The molecule has 1 fully saturated rings. The zero-order chi connectivity index (χ0) is 23.8. The fourth-order valence-electron chi connectivity index (χ4n) is 3.95.